The first-order chi connectivity index (χ1) is 9.72. The number of aromatic nitrogens is 2. The van der Waals surface area contributed by atoms with Gasteiger partial charge >= 0.3 is 0 Å². The van der Waals surface area contributed by atoms with E-state index < -0.39 is 0 Å². The van der Waals surface area contributed by atoms with Crippen LogP contribution in [0.4, 0.5) is 0 Å². The molecule has 2 heterocycles. The molecule has 3 rings (SSSR count). The van der Waals surface area contributed by atoms with Crippen LogP contribution < -0.4 is 0 Å². The lowest BCUT2D eigenvalue weighted by Crippen LogP contribution is -2.14. The van der Waals surface area contributed by atoms with Crippen LogP contribution in [0, 0.1) is 0 Å². The first-order valence-electron chi connectivity index (χ1n) is 6.22. The predicted octanol–water partition coefficient (Wildman–Crippen LogP) is 4.26. The molecular formula is C14H12BrClN2OS. The van der Waals surface area contributed by atoms with Crippen molar-refractivity contribution in [3.63, 3.8) is 0 Å². The second-order valence-corrected chi connectivity index (χ2v) is 6.73. The summed E-state index contributed by atoms with van der Waals surface area (Å²) in [5, 5.41) is 0.527. The van der Waals surface area contributed by atoms with Gasteiger partial charge < -0.3 is 4.74 Å². The SMILES string of the molecule is Clc1nc(CSc2cccc(Br)c2)nc2c1COCC2. The summed E-state index contributed by atoms with van der Waals surface area (Å²) in [5.74, 6) is 1.49. The molecule has 0 amide bonds. The van der Waals surface area contributed by atoms with Crippen molar-refractivity contribution in [3.8, 4) is 0 Å². The molecule has 20 heavy (non-hydrogen) atoms. The molecule has 1 aliphatic heterocycles. The minimum absolute atomic E-state index is 0.521. The summed E-state index contributed by atoms with van der Waals surface area (Å²) in [4.78, 5) is 10.1. The summed E-state index contributed by atoms with van der Waals surface area (Å²) in [7, 11) is 0. The highest BCUT2D eigenvalue weighted by Gasteiger charge is 2.17. The minimum Gasteiger partial charge on any atom is -0.376 e. The van der Waals surface area contributed by atoms with Crippen molar-refractivity contribution in [2.45, 2.75) is 23.7 Å². The summed E-state index contributed by atoms with van der Waals surface area (Å²) >= 11 is 11.4. The second-order valence-electron chi connectivity index (χ2n) is 4.40. The van der Waals surface area contributed by atoms with E-state index in [1.807, 2.05) is 12.1 Å². The third-order valence-corrected chi connectivity index (χ3v) is 4.78. The van der Waals surface area contributed by atoms with Crippen molar-refractivity contribution in [1.82, 2.24) is 9.97 Å². The number of halogens is 2. The van der Waals surface area contributed by atoms with Crippen LogP contribution >= 0.6 is 39.3 Å². The fraction of sp³-hybridized carbons (Fsp3) is 0.286. The zero-order valence-electron chi connectivity index (χ0n) is 10.6. The van der Waals surface area contributed by atoms with E-state index in [-0.39, 0.29) is 0 Å². The van der Waals surface area contributed by atoms with E-state index >= 15 is 0 Å². The van der Waals surface area contributed by atoms with Crippen molar-refractivity contribution < 1.29 is 4.74 Å². The van der Waals surface area contributed by atoms with Crippen LogP contribution in [0.15, 0.2) is 33.6 Å². The van der Waals surface area contributed by atoms with E-state index in [0.717, 1.165) is 28.0 Å². The number of nitrogens with zero attached hydrogens (tertiary/aromatic N) is 2. The van der Waals surface area contributed by atoms with Crippen LogP contribution in [-0.4, -0.2) is 16.6 Å². The first-order valence-corrected chi connectivity index (χ1v) is 8.38. The zero-order valence-corrected chi connectivity index (χ0v) is 13.8. The van der Waals surface area contributed by atoms with Gasteiger partial charge in [-0.3, -0.25) is 0 Å². The van der Waals surface area contributed by atoms with Crippen molar-refractivity contribution in [2.75, 3.05) is 6.61 Å². The summed E-state index contributed by atoms with van der Waals surface area (Å²) in [5.41, 5.74) is 1.97. The maximum absolute atomic E-state index is 6.21. The van der Waals surface area contributed by atoms with Crippen LogP contribution in [0.1, 0.15) is 17.1 Å². The molecule has 0 spiro atoms. The molecule has 2 aromatic rings. The Kier molecular flexibility index (Phi) is 4.61. The lowest BCUT2D eigenvalue weighted by Gasteiger charge is -2.17. The predicted molar refractivity (Wildman–Crippen MR) is 84.1 cm³/mol. The van der Waals surface area contributed by atoms with E-state index in [0.29, 0.717) is 24.1 Å². The van der Waals surface area contributed by atoms with E-state index in [4.69, 9.17) is 16.3 Å². The highest BCUT2D eigenvalue weighted by Crippen LogP contribution is 2.27. The van der Waals surface area contributed by atoms with Gasteiger partial charge in [-0.05, 0) is 18.2 Å². The molecule has 0 atom stereocenters. The quantitative estimate of drug-likeness (QED) is 0.596. The second kappa shape index (κ2) is 6.43. The molecule has 1 aliphatic rings. The van der Waals surface area contributed by atoms with Gasteiger partial charge in [-0.25, -0.2) is 9.97 Å². The minimum atomic E-state index is 0.521. The maximum atomic E-state index is 6.21. The van der Waals surface area contributed by atoms with E-state index in [1.165, 1.54) is 4.90 Å². The summed E-state index contributed by atoms with van der Waals surface area (Å²) in [6.07, 6.45) is 0.812. The highest BCUT2D eigenvalue weighted by atomic mass is 79.9. The van der Waals surface area contributed by atoms with Gasteiger partial charge in [0.05, 0.1) is 24.7 Å². The van der Waals surface area contributed by atoms with Crippen LogP contribution in [0.5, 0.6) is 0 Å². The molecule has 0 fully saturated rings. The van der Waals surface area contributed by atoms with E-state index in [2.05, 4.69) is 38.0 Å². The fourth-order valence-corrected chi connectivity index (χ4v) is 3.63. The Hall–Kier alpha value is -0.620. The highest BCUT2D eigenvalue weighted by molar-refractivity contribution is 9.10. The molecule has 0 saturated heterocycles. The van der Waals surface area contributed by atoms with Gasteiger partial charge in [0.1, 0.15) is 11.0 Å². The molecule has 104 valence electrons. The number of benzene rings is 1. The number of rotatable bonds is 3. The number of hydrogen-bond donors (Lipinski definition) is 0. The van der Waals surface area contributed by atoms with Crippen molar-refractivity contribution in [1.29, 1.82) is 0 Å². The molecular weight excluding hydrogens is 360 g/mol. The van der Waals surface area contributed by atoms with Gasteiger partial charge in [0.25, 0.3) is 0 Å². The Balaban J connectivity index is 1.76. The standard InChI is InChI=1S/C14H12BrClN2OS/c15-9-2-1-3-10(6-9)20-8-13-17-12-4-5-19-7-11(12)14(16)18-13/h1-3,6H,4-5,7-8H2. The van der Waals surface area contributed by atoms with Gasteiger partial charge in [-0.15, -0.1) is 11.8 Å². The average molecular weight is 372 g/mol. The maximum Gasteiger partial charge on any atom is 0.140 e. The molecule has 6 heteroatoms. The Labute approximate surface area is 135 Å². The van der Waals surface area contributed by atoms with Crippen molar-refractivity contribution in [3.05, 3.63) is 51.0 Å². The van der Waals surface area contributed by atoms with E-state index in [1.54, 1.807) is 11.8 Å². The molecule has 0 N–H and O–H groups in total. The Morgan fingerprint density at radius 2 is 2.25 bits per heavy atom. The summed E-state index contributed by atoms with van der Waals surface area (Å²) in [6, 6.07) is 8.18. The Morgan fingerprint density at radius 3 is 3.10 bits per heavy atom. The average Bonchev–Trinajstić information content (AvgIpc) is 2.45. The van der Waals surface area contributed by atoms with Crippen LogP contribution in [0.2, 0.25) is 5.15 Å². The molecule has 1 aromatic carbocycles. The van der Waals surface area contributed by atoms with Gasteiger partial charge in [-0.2, -0.15) is 0 Å². The monoisotopic (exact) mass is 370 g/mol. The lowest BCUT2D eigenvalue weighted by atomic mass is 10.1. The van der Waals surface area contributed by atoms with Gasteiger partial charge in [0.15, 0.2) is 0 Å². The molecule has 0 aliphatic carbocycles. The number of fused-ring (bicyclic) bond motifs is 1. The van der Waals surface area contributed by atoms with Gasteiger partial charge in [-0.1, -0.05) is 33.6 Å². The molecule has 0 saturated carbocycles. The normalized spacial score (nSPS) is 14.1. The zero-order chi connectivity index (χ0) is 13.9. The van der Waals surface area contributed by atoms with Gasteiger partial charge in [0.2, 0.25) is 0 Å². The first kappa shape index (κ1) is 14.3. The topological polar surface area (TPSA) is 35.0 Å². The summed E-state index contributed by atoms with van der Waals surface area (Å²) in [6.45, 7) is 1.23. The van der Waals surface area contributed by atoms with E-state index in [9.17, 15) is 0 Å². The van der Waals surface area contributed by atoms with Crippen LogP contribution in [0.3, 0.4) is 0 Å². The molecule has 1 aromatic heterocycles. The van der Waals surface area contributed by atoms with Gasteiger partial charge in [0, 0.05) is 21.4 Å². The largest absolute Gasteiger partial charge is 0.376 e. The third-order valence-electron chi connectivity index (χ3n) is 2.98. The van der Waals surface area contributed by atoms with Crippen molar-refractivity contribution >= 4 is 39.3 Å². The summed E-state index contributed by atoms with van der Waals surface area (Å²) < 4.78 is 6.46. The van der Waals surface area contributed by atoms with Crippen molar-refractivity contribution in [2.24, 2.45) is 0 Å². The van der Waals surface area contributed by atoms with Crippen LogP contribution in [-0.2, 0) is 23.5 Å². The number of ether oxygens (including phenoxy) is 1. The smallest absolute Gasteiger partial charge is 0.140 e. The molecule has 3 nitrogen and oxygen atoms in total. The molecule has 0 radical (unpaired) electrons. The van der Waals surface area contributed by atoms with Crippen LogP contribution in [0.25, 0.3) is 0 Å². The fourth-order valence-electron chi connectivity index (χ4n) is 2.01. The Bertz CT molecular complexity index is 639. The Morgan fingerprint density at radius 1 is 1.35 bits per heavy atom. The molecule has 0 bridgehead atoms. The lowest BCUT2D eigenvalue weighted by molar-refractivity contribution is 0.109. The molecule has 0 unspecified atom stereocenters. The number of hydrogen-bond acceptors (Lipinski definition) is 4. The third kappa shape index (κ3) is 3.34. The number of thioether (sulfide) groups is 1.